The van der Waals surface area contributed by atoms with Crippen LogP contribution in [0.4, 0.5) is 0 Å². The van der Waals surface area contributed by atoms with Gasteiger partial charge in [0.2, 0.25) is 5.91 Å². The van der Waals surface area contributed by atoms with Crippen LogP contribution >= 0.6 is 0 Å². The Hall–Kier alpha value is -3.61. The first-order valence-electron chi connectivity index (χ1n) is 11.7. The smallest absolute Gasteiger partial charge is 0.337 e. The van der Waals surface area contributed by atoms with Crippen LogP contribution in [0.2, 0.25) is 0 Å². The van der Waals surface area contributed by atoms with Crippen LogP contribution in [0.15, 0.2) is 48.5 Å². The molecule has 0 unspecified atom stereocenters. The predicted molar refractivity (Wildman–Crippen MR) is 128 cm³/mol. The summed E-state index contributed by atoms with van der Waals surface area (Å²) in [7, 11) is 2.69. The molecule has 1 amide bonds. The Labute approximate surface area is 199 Å². The van der Waals surface area contributed by atoms with E-state index in [2.05, 4.69) is 11.9 Å². The van der Waals surface area contributed by atoms with Gasteiger partial charge in [0, 0.05) is 29.4 Å². The Bertz CT molecular complexity index is 1200. The van der Waals surface area contributed by atoms with E-state index in [1.54, 1.807) is 17.0 Å². The van der Waals surface area contributed by atoms with Crippen molar-refractivity contribution in [2.75, 3.05) is 14.2 Å². The van der Waals surface area contributed by atoms with Gasteiger partial charge in [-0.2, -0.15) is 0 Å². The zero-order chi connectivity index (χ0) is 24.2. The molecule has 0 aliphatic carbocycles. The van der Waals surface area contributed by atoms with Gasteiger partial charge in [-0.25, -0.2) is 9.59 Å². The second-order valence-electron chi connectivity index (χ2n) is 8.58. The van der Waals surface area contributed by atoms with Crippen molar-refractivity contribution < 1.29 is 23.9 Å². The van der Waals surface area contributed by atoms with Gasteiger partial charge in [-0.1, -0.05) is 50.1 Å². The van der Waals surface area contributed by atoms with Crippen molar-refractivity contribution in [1.29, 1.82) is 0 Å². The van der Waals surface area contributed by atoms with E-state index in [1.807, 2.05) is 36.4 Å². The van der Waals surface area contributed by atoms with Gasteiger partial charge in [-0.3, -0.25) is 4.79 Å². The third-order valence-electron chi connectivity index (χ3n) is 6.53. The van der Waals surface area contributed by atoms with Crippen LogP contribution in [0.1, 0.15) is 65.8 Å². The summed E-state index contributed by atoms with van der Waals surface area (Å²) in [5.41, 5.74) is 4.07. The third-order valence-corrected chi connectivity index (χ3v) is 6.53. The van der Waals surface area contributed by atoms with Crippen LogP contribution in [0.3, 0.4) is 0 Å². The fourth-order valence-corrected chi connectivity index (χ4v) is 4.84. The highest BCUT2D eigenvalue weighted by Gasteiger charge is 2.43. The first-order chi connectivity index (χ1) is 16.5. The molecule has 2 aromatic carbocycles. The quantitative estimate of drug-likeness (QED) is 0.411. The molecule has 4 rings (SSSR count). The number of H-pyrrole nitrogens is 1. The van der Waals surface area contributed by atoms with E-state index in [-0.39, 0.29) is 5.91 Å². The Morgan fingerprint density at radius 1 is 1.00 bits per heavy atom. The topological polar surface area (TPSA) is 88.7 Å². The standard InChI is InChI=1S/C27H30N2O5/c1-4-5-6-11-23(30)29-22(27(32)34-3)16-20-19-9-7-8-10-21(19)28-24(20)25(29)17-12-14-18(15-13-17)26(31)33-2/h7-10,12-15,22,25,28H,4-6,11,16H2,1-3H3/t22-,25+/m1/s1. The average Bonchev–Trinajstić information content (AvgIpc) is 3.25. The van der Waals surface area contributed by atoms with Crippen LogP contribution in [0.25, 0.3) is 10.9 Å². The van der Waals surface area contributed by atoms with Gasteiger partial charge in [-0.15, -0.1) is 0 Å². The molecule has 3 aromatic rings. The molecule has 0 spiro atoms. The molecule has 1 aliphatic heterocycles. The number of unbranched alkanes of at least 4 members (excludes halogenated alkanes) is 2. The molecule has 1 N–H and O–H groups in total. The summed E-state index contributed by atoms with van der Waals surface area (Å²) in [6.45, 7) is 2.09. The second kappa shape index (κ2) is 10.1. The van der Waals surface area contributed by atoms with Crippen molar-refractivity contribution in [2.45, 2.75) is 51.1 Å². The number of nitrogens with one attached hydrogen (secondary N) is 1. The summed E-state index contributed by atoms with van der Waals surface area (Å²) in [4.78, 5) is 43.7. The summed E-state index contributed by atoms with van der Waals surface area (Å²) < 4.78 is 9.97. The third kappa shape index (κ3) is 4.30. The Morgan fingerprint density at radius 2 is 1.74 bits per heavy atom. The number of nitrogens with zero attached hydrogens (tertiary/aromatic N) is 1. The highest BCUT2D eigenvalue weighted by atomic mass is 16.5. The number of ether oxygens (including phenoxy) is 2. The van der Waals surface area contributed by atoms with E-state index in [0.29, 0.717) is 18.4 Å². The molecule has 2 heterocycles. The lowest BCUT2D eigenvalue weighted by atomic mass is 9.87. The van der Waals surface area contributed by atoms with Crippen molar-refractivity contribution >= 4 is 28.7 Å². The number of rotatable bonds is 7. The number of methoxy groups -OCH3 is 2. The van der Waals surface area contributed by atoms with E-state index in [0.717, 1.165) is 47.0 Å². The van der Waals surface area contributed by atoms with Gasteiger partial charge in [-0.05, 0) is 35.7 Å². The Kier molecular flexibility index (Phi) is 7.01. The Balaban J connectivity index is 1.87. The molecule has 34 heavy (non-hydrogen) atoms. The first kappa shape index (κ1) is 23.5. The van der Waals surface area contributed by atoms with Gasteiger partial charge in [0.1, 0.15) is 6.04 Å². The lowest BCUT2D eigenvalue weighted by Crippen LogP contribution is -2.51. The van der Waals surface area contributed by atoms with Crippen LogP contribution < -0.4 is 0 Å². The highest BCUT2D eigenvalue weighted by molar-refractivity contribution is 5.91. The number of hydrogen-bond acceptors (Lipinski definition) is 5. The van der Waals surface area contributed by atoms with E-state index >= 15 is 0 Å². The monoisotopic (exact) mass is 462 g/mol. The fourth-order valence-electron chi connectivity index (χ4n) is 4.84. The maximum absolute atomic E-state index is 13.6. The lowest BCUT2D eigenvalue weighted by Gasteiger charge is -2.41. The molecule has 1 aliphatic rings. The minimum atomic E-state index is -0.740. The molecule has 0 radical (unpaired) electrons. The number of hydrogen-bond donors (Lipinski definition) is 1. The minimum Gasteiger partial charge on any atom is -0.467 e. The van der Waals surface area contributed by atoms with E-state index in [1.165, 1.54) is 14.2 Å². The average molecular weight is 463 g/mol. The van der Waals surface area contributed by atoms with Crippen LogP contribution in [0, 0.1) is 0 Å². The number of aromatic nitrogens is 1. The van der Waals surface area contributed by atoms with Gasteiger partial charge < -0.3 is 19.4 Å². The molecule has 178 valence electrons. The number of benzene rings is 2. The molecular weight excluding hydrogens is 432 g/mol. The molecule has 2 atom stereocenters. The number of carbonyl (C=O) groups excluding carboxylic acids is 3. The second-order valence-corrected chi connectivity index (χ2v) is 8.58. The van der Waals surface area contributed by atoms with Gasteiger partial charge >= 0.3 is 11.9 Å². The number of amides is 1. The Morgan fingerprint density at radius 3 is 2.41 bits per heavy atom. The van der Waals surface area contributed by atoms with E-state index in [9.17, 15) is 14.4 Å². The fraction of sp³-hybridized carbons (Fsp3) is 0.370. The number of carbonyl (C=O) groups is 3. The SMILES string of the molecule is CCCCCC(=O)N1[C@@H](c2ccc(C(=O)OC)cc2)c2[nH]c3ccccc3c2C[C@@H]1C(=O)OC. The number of esters is 2. The number of aromatic amines is 1. The molecule has 7 heteroatoms. The van der Waals surface area contributed by atoms with E-state index in [4.69, 9.17) is 9.47 Å². The maximum atomic E-state index is 13.6. The van der Waals surface area contributed by atoms with Gasteiger partial charge in [0.15, 0.2) is 0 Å². The molecule has 0 saturated heterocycles. The summed E-state index contributed by atoms with van der Waals surface area (Å²) in [6, 6.07) is 13.7. The van der Waals surface area contributed by atoms with Crippen LogP contribution in [-0.2, 0) is 25.5 Å². The zero-order valence-corrected chi connectivity index (χ0v) is 19.8. The van der Waals surface area contributed by atoms with E-state index < -0.39 is 24.0 Å². The summed E-state index contributed by atoms with van der Waals surface area (Å²) >= 11 is 0. The van der Waals surface area contributed by atoms with Crippen LogP contribution in [0.5, 0.6) is 0 Å². The van der Waals surface area contributed by atoms with Crippen molar-refractivity contribution in [1.82, 2.24) is 9.88 Å². The zero-order valence-electron chi connectivity index (χ0n) is 19.8. The molecule has 0 saturated carbocycles. The summed E-state index contributed by atoms with van der Waals surface area (Å²) in [5, 5.41) is 1.03. The predicted octanol–water partition coefficient (Wildman–Crippen LogP) is 4.55. The summed E-state index contributed by atoms with van der Waals surface area (Å²) in [6.07, 6.45) is 3.43. The van der Waals surface area contributed by atoms with Crippen LogP contribution in [-0.4, -0.2) is 48.0 Å². The van der Waals surface area contributed by atoms with Gasteiger partial charge in [0.05, 0.1) is 25.8 Å². The van der Waals surface area contributed by atoms with Crippen molar-refractivity contribution in [3.63, 3.8) is 0 Å². The number of para-hydroxylation sites is 1. The normalized spacial score (nSPS) is 17.3. The molecule has 0 fully saturated rings. The first-order valence-corrected chi connectivity index (χ1v) is 11.7. The number of fused-ring (bicyclic) bond motifs is 3. The largest absolute Gasteiger partial charge is 0.467 e. The molecule has 1 aromatic heterocycles. The van der Waals surface area contributed by atoms with Crippen molar-refractivity contribution in [3.05, 3.63) is 70.9 Å². The maximum Gasteiger partial charge on any atom is 0.337 e. The van der Waals surface area contributed by atoms with Crippen molar-refractivity contribution in [3.8, 4) is 0 Å². The summed E-state index contributed by atoms with van der Waals surface area (Å²) in [5.74, 6) is -0.951. The lowest BCUT2D eigenvalue weighted by molar-refractivity contribution is -0.155. The minimum absolute atomic E-state index is 0.0878. The molecular formula is C27H30N2O5. The van der Waals surface area contributed by atoms with Gasteiger partial charge in [0.25, 0.3) is 0 Å². The molecule has 7 nitrogen and oxygen atoms in total. The molecule has 0 bridgehead atoms. The highest BCUT2D eigenvalue weighted by Crippen LogP contribution is 2.41. The van der Waals surface area contributed by atoms with Crippen molar-refractivity contribution in [2.24, 2.45) is 0 Å².